The zero-order chi connectivity index (χ0) is 27.8. The summed E-state index contributed by atoms with van der Waals surface area (Å²) in [5.74, 6) is 1.95. The zero-order valence-electron chi connectivity index (χ0n) is 22.5. The minimum atomic E-state index is -4.55. The van der Waals surface area contributed by atoms with Crippen LogP contribution in [0.2, 0.25) is 0 Å². The van der Waals surface area contributed by atoms with Crippen molar-refractivity contribution >= 4 is 11.6 Å². The van der Waals surface area contributed by atoms with Gasteiger partial charge in [0.05, 0.1) is 23.6 Å². The number of rotatable bonds is 7. The van der Waals surface area contributed by atoms with Crippen molar-refractivity contribution < 1.29 is 22.7 Å². The average molecular weight is 552 g/mol. The molecular weight excluding hydrogens is 519 g/mol. The fourth-order valence-electron chi connectivity index (χ4n) is 7.29. The Morgan fingerprint density at radius 2 is 1.90 bits per heavy atom. The molecule has 2 heterocycles. The summed E-state index contributed by atoms with van der Waals surface area (Å²) in [6.45, 7) is 0.202. The number of nitrogens with one attached hydrogen (secondary N) is 1. The van der Waals surface area contributed by atoms with Crippen LogP contribution >= 0.6 is 0 Å². The molecule has 3 aromatic rings. The third-order valence-corrected chi connectivity index (χ3v) is 9.58. The molecule has 10 heteroatoms. The second-order valence-corrected chi connectivity index (χ2v) is 12.0. The number of methoxy groups -OCH3 is 1. The first-order valence-electron chi connectivity index (χ1n) is 13.9. The number of hydrogen-bond donors (Lipinski definition) is 1. The number of carbonyl (C=O) groups is 1. The number of amides is 1. The van der Waals surface area contributed by atoms with Crippen LogP contribution in [0, 0.1) is 11.8 Å². The minimum Gasteiger partial charge on any atom is -0.381 e. The number of hydrogen-bond acceptors (Lipinski definition) is 5. The van der Waals surface area contributed by atoms with Crippen LogP contribution < -0.4 is 10.2 Å². The van der Waals surface area contributed by atoms with Crippen molar-refractivity contribution in [2.45, 2.75) is 68.9 Å². The van der Waals surface area contributed by atoms with Gasteiger partial charge in [0.1, 0.15) is 12.2 Å². The first-order chi connectivity index (χ1) is 19.2. The van der Waals surface area contributed by atoms with Crippen molar-refractivity contribution in [3.05, 3.63) is 76.4 Å². The van der Waals surface area contributed by atoms with Crippen LogP contribution in [-0.4, -0.2) is 39.9 Å². The zero-order valence-corrected chi connectivity index (χ0v) is 22.5. The van der Waals surface area contributed by atoms with Crippen LogP contribution in [-0.2, 0) is 36.5 Å². The van der Waals surface area contributed by atoms with Crippen molar-refractivity contribution in [1.29, 1.82) is 0 Å². The summed E-state index contributed by atoms with van der Waals surface area (Å²) < 4.78 is 50.2. The lowest BCUT2D eigenvalue weighted by molar-refractivity contribution is -0.138. The number of alkyl halides is 3. The Hall–Kier alpha value is -3.24. The first kappa shape index (κ1) is 25.7. The van der Waals surface area contributed by atoms with Gasteiger partial charge in [-0.2, -0.15) is 13.2 Å². The van der Waals surface area contributed by atoms with Crippen molar-refractivity contribution in [1.82, 2.24) is 20.1 Å². The number of anilines is 1. The van der Waals surface area contributed by atoms with Gasteiger partial charge in [-0.3, -0.25) is 4.79 Å². The number of fused-ring (bicyclic) bond motifs is 2. The molecule has 3 fully saturated rings. The third-order valence-electron chi connectivity index (χ3n) is 9.58. The van der Waals surface area contributed by atoms with Gasteiger partial charge in [-0.05, 0) is 84.9 Å². The Kier molecular flexibility index (Phi) is 5.87. The normalized spacial score (nSPS) is 27.6. The van der Waals surface area contributed by atoms with Crippen LogP contribution in [0.3, 0.4) is 0 Å². The van der Waals surface area contributed by atoms with E-state index in [2.05, 4.69) is 15.5 Å². The quantitative estimate of drug-likeness (QED) is 0.449. The Balaban J connectivity index is 1.19. The largest absolute Gasteiger partial charge is 0.416 e. The number of halogens is 3. The maximum Gasteiger partial charge on any atom is 0.416 e. The summed E-state index contributed by atoms with van der Waals surface area (Å²) in [4.78, 5) is 15.1. The highest BCUT2D eigenvalue weighted by Crippen LogP contribution is 2.52. The summed E-state index contributed by atoms with van der Waals surface area (Å²) in [5, 5.41) is 11.9. The average Bonchev–Trinajstić information content (AvgIpc) is 3.18. The Morgan fingerprint density at radius 1 is 1.12 bits per heavy atom. The summed E-state index contributed by atoms with van der Waals surface area (Å²) in [6.07, 6.45) is 2.03. The van der Waals surface area contributed by atoms with E-state index in [1.807, 2.05) is 29.8 Å². The molecule has 0 saturated heterocycles. The SMILES string of the molecule is COC1CC(c2cccc(N3Cc4c(cc(CNC5C[C@H]6C[C@@H]6C5)cc4C(F)(F)F)C3=O)c2)(c2nncn2C)C1. The van der Waals surface area contributed by atoms with Crippen LogP contribution in [0.25, 0.3) is 0 Å². The van der Waals surface area contributed by atoms with E-state index in [4.69, 9.17) is 4.74 Å². The number of carbonyl (C=O) groups excluding carboxylic acids is 1. The lowest BCUT2D eigenvalue weighted by Gasteiger charge is -2.46. The second-order valence-electron chi connectivity index (χ2n) is 12.0. The molecule has 1 aromatic heterocycles. The molecule has 0 spiro atoms. The fraction of sp³-hybridized carbons (Fsp3) is 0.500. The van der Waals surface area contributed by atoms with Gasteiger partial charge in [-0.1, -0.05) is 12.1 Å². The number of nitrogens with zero attached hydrogens (tertiary/aromatic N) is 4. The number of benzene rings is 2. The monoisotopic (exact) mass is 551 g/mol. The molecule has 1 amide bonds. The molecule has 7 rings (SSSR count). The van der Waals surface area contributed by atoms with E-state index >= 15 is 0 Å². The van der Waals surface area contributed by atoms with Gasteiger partial charge in [-0.15, -0.1) is 10.2 Å². The van der Waals surface area contributed by atoms with E-state index in [-0.39, 0.29) is 23.8 Å². The van der Waals surface area contributed by atoms with E-state index in [0.29, 0.717) is 36.7 Å². The third kappa shape index (κ3) is 4.15. The van der Waals surface area contributed by atoms with E-state index < -0.39 is 23.1 Å². The van der Waals surface area contributed by atoms with Crippen LogP contribution in [0.5, 0.6) is 0 Å². The van der Waals surface area contributed by atoms with E-state index in [0.717, 1.165) is 36.1 Å². The van der Waals surface area contributed by atoms with Crippen molar-refractivity contribution in [3.63, 3.8) is 0 Å². The molecule has 0 bridgehead atoms. The number of aromatic nitrogens is 3. The van der Waals surface area contributed by atoms with E-state index in [1.54, 1.807) is 25.6 Å². The molecule has 0 unspecified atom stereocenters. The molecule has 7 nitrogen and oxygen atoms in total. The Bertz CT molecular complexity index is 1470. The molecule has 2 atom stereocenters. The molecule has 4 aliphatic rings. The molecule has 1 N–H and O–H groups in total. The lowest BCUT2D eigenvalue weighted by atomic mass is 9.62. The van der Waals surface area contributed by atoms with Gasteiger partial charge in [0.15, 0.2) is 0 Å². The first-order valence-corrected chi connectivity index (χ1v) is 13.9. The summed E-state index contributed by atoms with van der Waals surface area (Å²) >= 11 is 0. The summed E-state index contributed by atoms with van der Waals surface area (Å²) in [7, 11) is 3.57. The molecule has 40 heavy (non-hydrogen) atoms. The molecular formula is C30H32F3N5O2. The maximum atomic E-state index is 14.2. The van der Waals surface area contributed by atoms with Crippen LogP contribution in [0.15, 0.2) is 42.7 Å². The Labute approximate surface area is 230 Å². The highest BCUT2D eigenvalue weighted by atomic mass is 19.4. The van der Waals surface area contributed by atoms with Crippen molar-refractivity contribution in [2.24, 2.45) is 18.9 Å². The molecule has 2 aromatic carbocycles. The predicted octanol–water partition coefficient (Wildman–Crippen LogP) is 4.98. The minimum absolute atomic E-state index is 0.0415. The molecule has 1 aliphatic heterocycles. The fourth-order valence-corrected chi connectivity index (χ4v) is 7.29. The number of ether oxygens (including phenoxy) is 1. The molecule has 210 valence electrons. The topological polar surface area (TPSA) is 72.3 Å². The van der Waals surface area contributed by atoms with E-state index in [9.17, 15) is 18.0 Å². The summed E-state index contributed by atoms with van der Waals surface area (Å²) in [5.41, 5.74) is 1.01. The highest BCUT2D eigenvalue weighted by Gasteiger charge is 2.51. The molecule has 0 radical (unpaired) electrons. The molecule has 3 saturated carbocycles. The highest BCUT2D eigenvalue weighted by molar-refractivity contribution is 6.10. The van der Waals surface area contributed by atoms with Crippen molar-refractivity contribution in [2.75, 3.05) is 12.0 Å². The maximum absolute atomic E-state index is 14.2. The van der Waals surface area contributed by atoms with Gasteiger partial charge in [0.25, 0.3) is 5.91 Å². The van der Waals surface area contributed by atoms with Gasteiger partial charge in [0, 0.05) is 38.0 Å². The van der Waals surface area contributed by atoms with Gasteiger partial charge >= 0.3 is 6.18 Å². The van der Waals surface area contributed by atoms with Gasteiger partial charge < -0.3 is 19.5 Å². The van der Waals surface area contributed by atoms with Gasteiger partial charge in [-0.25, -0.2) is 0 Å². The smallest absolute Gasteiger partial charge is 0.381 e. The lowest BCUT2D eigenvalue weighted by Crippen LogP contribution is -2.48. The summed E-state index contributed by atoms with van der Waals surface area (Å²) in [6, 6.07) is 10.7. The van der Waals surface area contributed by atoms with Crippen molar-refractivity contribution in [3.8, 4) is 0 Å². The second kappa shape index (κ2) is 9.14. The van der Waals surface area contributed by atoms with Gasteiger partial charge in [0.2, 0.25) is 0 Å². The van der Waals surface area contributed by atoms with Crippen LogP contribution in [0.1, 0.15) is 70.5 Å². The van der Waals surface area contributed by atoms with E-state index in [1.165, 1.54) is 17.4 Å². The van der Waals surface area contributed by atoms with Crippen LogP contribution in [0.4, 0.5) is 18.9 Å². The number of aryl methyl sites for hydroxylation is 1. The Morgan fingerprint density at radius 3 is 2.58 bits per heavy atom. The predicted molar refractivity (Wildman–Crippen MR) is 142 cm³/mol. The molecule has 3 aliphatic carbocycles. The standard InChI is InChI=1S/C30H32F3N5O2/c1-37-16-35-36-28(37)29(12-23(13-29)40-2)20-4-3-5-22(11-20)38-15-25-24(27(38)39)6-17(7-26(25)30(31,32)33)14-34-21-9-18-8-19(18)10-21/h3-7,11,16,18-19,21,23,34H,8-10,12-15H2,1-2H3/t18-,19-,23?,29?/m1/s1.